The van der Waals surface area contributed by atoms with E-state index in [0.29, 0.717) is 5.56 Å². The molecule has 4 heteroatoms. The van der Waals surface area contributed by atoms with Crippen molar-refractivity contribution in [1.29, 1.82) is 0 Å². The summed E-state index contributed by atoms with van der Waals surface area (Å²) in [4.78, 5) is 0. The average Bonchev–Trinajstić information content (AvgIpc) is 2.14. The molecule has 1 N–H and O–H groups in total. The smallest absolute Gasteiger partial charge is 0.381 e. The molecule has 0 radical (unpaired) electrons. The molecule has 0 aliphatic heterocycles. The highest BCUT2D eigenvalue weighted by molar-refractivity contribution is 5.37. The van der Waals surface area contributed by atoms with Gasteiger partial charge in [-0.25, -0.2) is 0 Å². The second-order valence-corrected chi connectivity index (χ2v) is 3.02. The zero-order valence-corrected chi connectivity index (χ0v) is 7.97. The lowest BCUT2D eigenvalue weighted by molar-refractivity contribution is -0.137. The Labute approximate surface area is 85.5 Å². The summed E-state index contributed by atoms with van der Waals surface area (Å²) >= 11 is 0. The Morgan fingerprint density at radius 2 is 1.73 bits per heavy atom. The Morgan fingerprint density at radius 1 is 1.20 bits per heavy atom. The van der Waals surface area contributed by atoms with Crippen molar-refractivity contribution in [2.24, 2.45) is 0 Å². The molecule has 0 aliphatic carbocycles. The SMILES string of the molecule is C[C@H](O)C#Cc1ccc(C(F)(F)F)cc1. The fourth-order valence-electron chi connectivity index (χ4n) is 0.930. The second kappa shape index (κ2) is 4.37. The van der Waals surface area contributed by atoms with Gasteiger partial charge in [0.25, 0.3) is 0 Å². The van der Waals surface area contributed by atoms with E-state index < -0.39 is 17.8 Å². The van der Waals surface area contributed by atoms with Crippen LogP contribution in [0.1, 0.15) is 18.1 Å². The Hall–Kier alpha value is -1.47. The third-order valence-electron chi connectivity index (χ3n) is 1.64. The molecule has 0 spiro atoms. The highest BCUT2D eigenvalue weighted by Gasteiger charge is 2.29. The fourth-order valence-corrected chi connectivity index (χ4v) is 0.930. The number of aliphatic hydroxyl groups excluding tert-OH is 1. The maximum atomic E-state index is 12.2. The van der Waals surface area contributed by atoms with Gasteiger partial charge in [0.1, 0.15) is 6.10 Å². The van der Waals surface area contributed by atoms with Crippen LogP contribution in [-0.2, 0) is 6.18 Å². The molecule has 0 unspecified atom stereocenters. The summed E-state index contributed by atoms with van der Waals surface area (Å²) in [5.41, 5.74) is -0.256. The van der Waals surface area contributed by atoms with Crippen molar-refractivity contribution in [2.45, 2.75) is 19.2 Å². The van der Waals surface area contributed by atoms with E-state index in [1.165, 1.54) is 19.1 Å². The molecule has 1 atom stereocenters. The Bertz CT molecular complexity index is 379. The van der Waals surface area contributed by atoms with Crippen LogP contribution in [0.3, 0.4) is 0 Å². The van der Waals surface area contributed by atoms with Gasteiger partial charge in [-0.15, -0.1) is 0 Å². The Kier molecular flexibility index (Phi) is 3.38. The van der Waals surface area contributed by atoms with Crippen LogP contribution in [0, 0.1) is 11.8 Å². The van der Waals surface area contributed by atoms with Crippen molar-refractivity contribution in [1.82, 2.24) is 0 Å². The van der Waals surface area contributed by atoms with Gasteiger partial charge < -0.3 is 5.11 Å². The molecule has 1 aromatic carbocycles. The van der Waals surface area contributed by atoms with Crippen molar-refractivity contribution in [3.63, 3.8) is 0 Å². The van der Waals surface area contributed by atoms with E-state index in [1.54, 1.807) is 0 Å². The molecule has 80 valence electrons. The van der Waals surface area contributed by atoms with Gasteiger partial charge in [0.15, 0.2) is 0 Å². The van der Waals surface area contributed by atoms with Crippen molar-refractivity contribution < 1.29 is 18.3 Å². The van der Waals surface area contributed by atoms with Crippen LogP contribution in [0.4, 0.5) is 13.2 Å². The van der Waals surface area contributed by atoms with Gasteiger partial charge in [-0.05, 0) is 31.2 Å². The zero-order valence-electron chi connectivity index (χ0n) is 7.97. The molecule has 0 aromatic heterocycles. The number of halogens is 3. The second-order valence-electron chi connectivity index (χ2n) is 3.02. The minimum atomic E-state index is -4.32. The predicted octanol–water partition coefficient (Wildman–Crippen LogP) is 2.44. The third-order valence-corrected chi connectivity index (χ3v) is 1.64. The van der Waals surface area contributed by atoms with E-state index in [-0.39, 0.29) is 0 Å². The van der Waals surface area contributed by atoms with Crippen molar-refractivity contribution in [2.75, 3.05) is 0 Å². The molecular weight excluding hydrogens is 205 g/mol. The lowest BCUT2D eigenvalue weighted by Gasteiger charge is -2.05. The molecule has 0 heterocycles. The first kappa shape index (κ1) is 11.6. The summed E-state index contributed by atoms with van der Waals surface area (Å²) in [5, 5.41) is 8.84. The maximum Gasteiger partial charge on any atom is 0.416 e. The van der Waals surface area contributed by atoms with Gasteiger partial charge in [-0.2, -0.15) is 13.2 Å². The number of hydrogen-bond acceptors (Lipinski definition) is 1. The van der Waals surface area contributed by atoms with E-state index in [4.69, 9.17) is 5.11 Å². The third kappa shape index (κ3) is 3.64. The predicted molar refractivity (Wildman–Crippen MR) is 50.0 cm³/mol. The highest BCUT2D eigenvalue weighted by Crippen LogP contribution is 2.28. The van der Waals surface area contributed by atoms with E-state index in [9.17, 15) is 13.2 Å². The summed E-state index contributed by atoms with van der Waals surface area (Å²) < 4.78 is 36.5. The van der Waals surface area contributed by atoms with Gasteiger partial charge in [0.2, 0.25) is 0 Å². The molecule has 0 saturated heterocycles. The van der Waals surface area contributed by atoms with Gasteiger partial charge in [-0.3, -0.25) is 0 Å². The van der Waals surface area contributed by atoms with Crippen LogP contribution in [0.5, 0.6) is 0 Å². The van der Waals surface area contributed by atoms with Crippen LogP contribution >= 0.6 is 0 Å². The van der Waals surface area contributed by atoms with Crippen LogP contribution < -0.4 is 0 Å². The van der Waals surface area contributed by atoms with Crippen molar-refractivity contribution in [3.8, 4) is 11.8 Å². The average molecular weight is 214 g/mol. The summed E-state index contributed by atoms with van der Waals surface area (Å²) in [6.45, 7) is 1.48. The molecule has 15 heavy (non-hydrogen) atoms. The molecule has 1 nitrogen and oxygen atoms in total. The standard InChI is InChI=1S/C11H9F3O/c1-8(15)2-3-9-4-6-10(7-5-9)11(12,13)14/h4-8,15H,1H3/t8-/m0/s1. The summed E-state index contributed by atoms with van der Waals surface area (Å²) in [6.07, 6.45) is -5.11. The number of aliphatic hydroxyl groups is 1. The highest BCUT2D eigenvalue weighted by atomic mass is 19.4. The van der Waals surface area contributed by atoms with Gasteiger partial charge in [-0.1, -0.05) is 11.8 Å². The summed E-state index contributed by atoms with van der Waals surface area (Å²) in [6, 6.07) is 4.48. The van der Waals surface area contributed by atoms with Crippen molar-refractivity contribution >= 4 is 0 Å². The summed E-state index contributed by atoms with van der Waals surface area (Å²) in [5.74, 6) is 5.00. The van der Waals surface area contributed by atoms with Gasteiger partial charge in [0, 0.05) is 5.56 Å². The van der Waals surface area contributed by atoms with Gasteiger partial charge in [0.05, 0.1) is 5.56 Å². The fraction of sp³-hybridized carbons (Fsp3) is 0.273. The van der Waals surface area contributed by atoms with E-state index >= 15 is 0 Å². The molecule has 1 rings (SSSR count). The number of hydrogen-bond donors (Lipinski definition) is 1. The van der Waals surface area contributed by atoms with Crippen LogP contribution in [0.2, 0.25) is 0 Å². The Morgan fingerprint density at radius 3 is 2.13 bits per heavy atom. The number of alkyl halides is 3. The zero-order chi connectivity index (χ0) is 11.5. The van der Waals surface area contributed by atoms with Crippen LogP contribution in [0.25, 0.3) is 0 Å². The maximum absolute atomic E-state index is 12.2. The number of benzene rings is 1. The molecule has 0 fully saturated rings. The van der Waals surface area contributed by atoms with Crippen molar-refractivity contribution in [3.05, 3.63) is 35.4 Å². The molecule has 0 saturated carbocycles. The minimum Gasteiger partial charge on any atom is -0.381 e. The normalized spacial score (nSPS) is 12.9. The quantitative estimate of drug-likeness (QED) is 0.657. The van der Waals surface area contributed by atoms with E-state index in [1.807, 2.05) is 0 Å². The van der Waals surface area contributed by atoms with Gasteiger partial charge >= 0.3 is 6.18 Å². The molecule has 1 aromatic rings. The number of rotatable bonds is 0. The largest absolute Gasteiger partial charge is 0.416 e. The first-order valence-electron chi connectivity index (χ1n) is 4.26. The monoisotopic (exact) mass is 214 g/mol. The Balaban J connectivity index is 2.88. The van der Waals surface area contributed by atoms with E-state index in [0.717, 1.165) is 12.1 Å². The minimum absolute atomic E-state index is 0.448. The first-order valence-corrected chi connectivity index (χ1v) is 4.26. The molecule has 0 aliphatic rings. The molecule has 0 bridgehead atoms. The van der Waals surface area contributed by atoms with Crippen LogP contribution in [-0.4, -0.2) is 11.2 Å². The lowest BCUT2D eigenvalue weighted by atomic mass is 10.1. The topological polar surface area (TPSA) is 20.2 Å². The van der Waals surface area contributed by atoms with E-state index in [2.05, 4.69) is 11.8 Å². The summed E-state index contributed by atoms with van der Waals surface area (Å²) in [7, 11) is 0. The first-order chi connectivity index (χ1) is 6.89. The lowest BCUT2D eigenvalue weighted by Crippen LogP contribution is -2.04. The molecular formula is C11H9F3O. The molecule has 0 amide bonds. The van der Waals surface area contributed by atoms with Crippen LogP contribution in [0.15, 0.2) is 24.3 Å².